The van der Waals surface area contributed by atoms with E-state index in [1.54, 1.807) is 24.3 Å². The van der Waals surface area contributed by atoms with E-state index < -0.39 is 33.5 Å². The number of carbonyl (C=O) groups excluding carboxylic acids is 1. The molecule has 1 heterocycles. The second kappa shape index (κ2) is 8.14. The Bertz CT molecular complexity index is 978. The zero-order valence-electron chi connectivity index (χ0n) is 15.2. The number of amides is 2. The van der Waals surface area contributed by atoms with Gasteiger partial charge in [-0.25, -0.2) is 22.0 Å². The molecule has 3 rings (SSSR count). The molecule has 1 unspecified atom stereocenters. The Balaban J connectivity index is 1.51. The maximum atomic E-state index is 13.7. The largest absolute Gasteiger partial charge is 0.488 e. The molecule has 2 N–H and O–H groups in total. The highest BCUT2D eigenvalue weighted by Gasteiger charge is 2.24. The van der Waals surface area contributed by atoms with E-state index >= 15 is 0 Å². The second-order valence-corrected chi connectivity index (χ2v) is 8.94. The van der Waals surface area contributed by atoms with Gasteiger partial charge in [0.15, 0.2) is 21.4 Å². The molecular weight excluding hydrogens is 390 g/mol. The van der Waals surface area contributed by atoms with Gasteiger partial charge in [0, 0.05) is 24.4 Å². The molecule has 0 fully saturated rings. The molecule has 0 radical (unpaired) electrons. The first-order valence-corrected chi connectivity index (χ1v) is 10.7. The molecule has 0 saturated carbocycles. The van der Waals surface area contributed by atoms with Crippen LogP contribution in [0.2, 0.25) is 0 Å². The van der Waals surface area contributed by atoms with Crippen LogP contribution in [0.5, 0.6) is 5.75 Å². The molecule has 0 aromatic heterocycles. The number of urea groups is 1. The third kappa shape index (κ3) is 5.41. The Morgan fingerprint density at radius 2 is 1.86 bits per heavy atom. The van der Waals surface area contributed by atoms with Crippen molar-refractivity contribution >= 4 is 15.9 Å². The highest BCUT2D eigenvalue weighted by molar-refractivity contribution is 7.89. The van der Waals surface area contributed by atoms with Gasteiger partial charge in [0.25, 0.3) is 0 Å². The number of hydrogen-bond acceptors (Lipinski definition) is 4. The molecule has 1 atom stereocenters. The van der Waals surface area contributed by atoms with Crippen LogP contribution in [0.3, 0.4) is 0 Å². The van der Waals surface area contributed by atoms with Gasteiger partial charge < -0.3 is 15.4 Å². The van der Waals surface area contributed by atoms with Gasteiger partial charge in [-0.15, -0.1) is 0 Å². The fourth-order valence-electron chi connectivity index (χ4n) is 3.00. The fraction of sp³-hybridized carbons (Fsp3) is 0.316. The van der Waals surface area contributed by atoms with E-state index in [2.05, 4.69) is 10.6 Å². The van der Waals surface area contributed by atoms with Crippen LogP contribution in [-0.2, 0) is 28.6 Å². The summed E-state index contributed by atoms with van der Waals surface area (Å²) in [4.78, 5) is 12.1. The normalized spacial score (nSPS) is 16.0. The van der Waals surface area contributed by atoms with Crippen LogP contribution < -0.4 is 15.4 Å². The average molecular weight is 410 g/mol. The number of sulfone groups is 1. The van der Waals surface area contributed by atoms with Crippen LogP contribution in [0.15, 0.2) is 36.4 Å². The number of halogens is 2. The number of rotatable bonds is 5. The highest BCUT2D eigenvalue weighted by Crippen LogP contribution is 2.28. The predicted octanol–water partition coefficient (Wildman–Crippen LogP) is 2.31. The van der Waals surface area contributed by atoms with Gasteiger partial charge in [0.05, 0.1) is 11.8 Å². The van der Waals surface area contributed by atoms with Crippen LogP contribution in [0.1, 0.15) is 16.7 Å². The molecule has 2 aromatic rings. The summed E-state index contributed by atoms with van der Waals surface area (Å²) in [7, 11) is -3.10. The molecular formula is C19H20F2N2O4S. The predicted molar refractivity (Wildman–Crippen MR) is 99.7 cm³/mol. The molecule has 0 bridgehead atoms. The highest BCUT2D eigenvalue weighted by atomic mass is 32.2. The van der Waals surface area contributed by atoms with Crippen molar-refractivity contribution in [2.75, 3.05) is 12.9 Å². The van der Waals surface area contributed by atoms with Gasteiger partial charge in [-0.2, -0.15) is 0 Å². The zero-order valence-corrected chi connectivity index (χ0v) is 16.0. The third-order valence-electron chi connectivity index (χ3n) is 4.22. The summed E-state index contributed by atoms with van der Waals surface area (Å²) in [5, 5.41) is 5.40. The average Bonchev–Trinajstić information content (AvgIpc) is 2.59. The summed E-state index contributed by atoms with van der Waals surface area (Å²) < 4.78 is 54.9. The minimum absolute atomic E-state index is 0.0223. The first-order valence-electron chi connectivity index (χ1n) is 8.60. The van der Waals surface area contributed by atoms with Crippen molar-refractivity contribution in [1.82, 2.24) is 10.6 Å². The van der Waals surface area contributed by atoms with Gasteiger partial charge in [-0.1, -0.05) is 24.3 Å². The van der Waals surface area contributed by atoms with E-state index in [9.17, 15) is 22.0 Å². The Hall–Kier alpha value is -2.68. The van der Waals surface area contributed by atoms with Crippen molar-refractivity contribution in [2.45, 2.75) is 24.8 Å². The number of benzene rings is 2. The fourth-order valence-corrected chi connectivity index (χ4v) is 3.80. The van der Waals surface area contributed by atoms with Crippen LogP contribution in [0.4, 0.5) is 13.6 Å². The molecule has 150 valence electrons. The van der Waals surface area contributed by atoms with Crippen LogP contribution in [0, 0.1) is 11.6 Å². The Labute approximate surface area is 161 Å². The van der Waals surface area contributed by atoms with Gasteiger partial charge in [0.2, 0.25) is 0 Å². The smallest absolute Gasteiger partial charge is 0.315 e. The maximum Gasteiger partial charge on any atom is 0.315 e. The van der Waals surface area contributed by atoms with E-state index in [4.69, 9.17) is 4.74 Å². The molecule has 0 spiro atoms. The first kappa shape index (κ1) is 20.1. The molecule has 6 nitrogen and oxygen atoms in total. The zero-order chi connectivity index (χ0) is 20.3. The Kier molecular flexibility index (Phi) is 5.83. The minimum atomic E-state index is -3.10. The van der Waals surface area contributed by atoms with Crippen LogP contribution in [-0.4, -0.2) is 33.4 Å². The lowest BCUT2D eigenvalue weighted by molar-refractivity contribution is 0.209. The van der Waals surface area contributed by atoms with E-state index in [1.165, 1.54) is 12.3 Å². The van der Waals surface area contributed by atoms with E-state index in [0.29, 0.717) is 11.1 Å². The van der Waals surface area contributed by atoms with E-state index in [-0.39, 0.29) is 31.1 Å². The number of nitrogens with one attached hydrogen (secondary N) is 2. The van der Waals surface area contributed by atoms with Gasteiger partial charge in [0.1, 0.15) is 12.4 Å². The van der Waals surface area contributed by atoms with Gasteiger partial charge >= 0.3 is 6.03 Å². The van der Waals surface area contributed by atoms with E-state index in [1.807, 2.05) is 0 Å². The van der Waals surface area contributed by atoms with Crippen molar-refractivity contribution in [1.29, 1.82) is 0 Å². The van der Waals surface area contributed by atoms with E-state index in [0.717, 1.165) is 11.6 Å². The minimum Gasteiger partial charge on any atom is -0.488 e. The summed E-state index contributed by atoms with van der Waals surface area (Å²) in [6.07, 6.45) is 1.43. The van der Waals surface area contributed by atoms with Gasteiger partial charge in [-0.3, -0.25) is 0 Å². The third-order valence-corrected chi connectivity index (χ3v) is 5.08. The summed E-state index contributed by atoms with van der Waals surface area (Å²) >= 11 is 0. The molecule has 2 aromatic carbocycles. The molecule has 1 aliphatic heterocycles. The molecule has 2 amide bonds. The lowest BCUT2D eigenvalue weighted by Gasteiger charge is -2.26. The Morgan fingerprint density at radius 1 is 1.18 bits per heavy atom. The first-order chi connectivity index (χ1) is 13.2. The molecule has 0 saturated heterocycles. The van der Waals surface area contributed by atoms with Crippen LogP contribution >= 0.6 is 0 Å². The maximum absolute atomic E-state index is 13.7. The molecule has 9 heteroatoms. The number of ether oxygens (including phenoxy) is 1. The summed E-state index contributed by atoms with van der Waals surface area (Å²) in [5.74, 6) is -1.46. The Morgan fingerprint density at radius 3 is 2.54 bits per heavy atom. The topological polar surface area (TPSA) is 84.5 Å². The quantitative estimate of drug-likeness (QED) is 0.792. The van der Waals surface area contributed by atoms with Crippen molar-refractivity contribution in [2.24, 2.45) is 0 Å². The van der Waals surface area contributed by atoms with Gasteiger partial charge in [-0.05, 0) is 23.6 Å². The number of carbonyl (C=O) groups is 1. The number of hydrogen-bond donors (Lipinski definition) is 2. The molecule has 1 aliphatic rings. The van der Waals surface area contributed by atoms with Crippen molar-refractivity contribution < 1.29 is 26.7 Å². The lowest BCUT2D eigenvalue weighted by Crippen LogP contribution is -2.47. The van der Waals surface area contributed by atoms with Crippen molar-refractivity contribution in [3.8, 4) is 5.75 Å². The molecule has 28 heavy (non-hydrogen) atoms. The second-order valence-electron chi connectivity index (χ2n) is 6.80. The van der Waals surface area contributed by atoms with Crippen LogP contribution in [0.25, 0.3) is 0 Å². The van der Waals surface area contributed by atoms with Crippen molar-refractivity contribution in [3.63, 3.8) is 0 Å². The number of fused-ring (bicyclic) bond motifs is 1. The summed E-state index contributed by atoms with van der Waals surface area (Å²) in [5.41, 5.74) is 1.85. The summed E-state index contributed by atoms with van der Waals surface area (Å²) in [6.45, 7) is 0.335. The van der Waals surface area contributed by atoms with Crippen molar-refractivity contribution in [3.05, 3.63) is 64.7 Å². The summed E-state index contributed by atoms with van der Waals surface area (Å²) in [6, 6.07) is 8.00. The monoisotopic (exact) mass is 410 g/mol. The standard InChI is InChI=1S/C19H20F2N2O4S/c1-28(25,26)11-13-4-2-12(3-5-13)9-22-19(24)23-16-7-14-6-15(20)8-17(21)18(14)27-10-16/h2-6,8,16H,7,9-11H2,1H3,(H2,22,23,24). The SMILES string of the molecule is CS(=O)(=O)Cc1ccc(CNC(=O)NC2COc3c(F)cc(F)cc3C2)cc1. The molecule has 0 aliphatic carbocycles. The lowest BCUT2D eigenvalue weighted by atomic mass is 10.0.